The van der Waals surface area contributed by atoms with E-state index in [2.05, 4.69) is 21.4 Å². The van der Waals surface area contributed by atoms with Crippen LogP contribution in [0.1, 0.15) is 30.5 Å². The Kier molecular flexibility index (Phi) is 7.01. The smallest absolute Gasteiger partial charge is 0.248 e. The second-order valence-electron chi connectivity index (χ2n) is 9.17. The summed E-state index contributed by atoms with van der Waals surface area (Å²) >= 11 is 6.29. The number of hydrogen-bond acceptors (Lipinski definition) is 6. The van der Waals surface area contributed by atoms with E-state index in [1.54, 1.807) is 25.3 Å². The minimum atomic E-state index is -3.71. The van der Waals surface area contributed by atoms with Gasteiger partial charge in [0, 0.05) is 45.5 Å². The molecule has 1 saturated heterocycles. The van der Waals surface area contributed by atoms with Gasteiger partial charge in [0.05, 0.1) is 17.3 Å². The highest BCUT2D eigenvalue weighted by Crippen LogP contribution is 2.42. The third-order valence-corrected chi connectivity index (χ3v) is 9.56. The van der Waals surface area contributed by atoms with E-state index >= 15 is 0 Å². The number of halogens is 1. The standard InChI is InChI=1S/C23H31ClN6O2S/c1-16-22(23(24)28(2)27-16)33(31,32)29(3)21-18-7-8-19(21)15-30(14-18)12-4-11-26-20-9-5-17(13-25)6-10-20/h5-6,9-10,18-19,21,26H,4,7-8,11-12,14-15H2,1-3H3. The molecular formula is C23H31ClN6O2S. The van der Waals surface area contributed by atoms with Crippen molar-refractivity contribution in [3.63, 3.8) is 0 Å². The first-order valence-corrected chi connectivity index (χ1v) is 13.2. The summed E-state index contributed by atoms with van der Waals surface area (Å²) in [6.07, 6.45) is 3.10. The maximum Gasteiger partial charge on any atom is 0.248 e. The predicted octanol–water partition coefficient (Wildman–Crippen LogP) is 3.09. The van der Waals surface area contributed by atoms with Gasteiger partial charge in [0.1, 0.15) is 10.0 Å². The van der Waals surface area contributed by atoms with Gasteiger partial charge in [-0.15, -0.1) is 0 Å². The number of hydrogen-bond donors (Lipinski definition) is 1. The molecule has 1 aromatic heterocycles. The minimum Gasteiger partial charge on any atom is -0.385 e. The number of sulfonamides is 1. The van der Waals surface area contributed by atoms with Crippen molar-refractivity contribution in [1.82, 2.24) is 19.0 Å². The van der Waals surface area contributed by atoms with Gasteiger partial charge in [-0.3, -0.25) is 4.68 Å². The van der Waals surface area contributed by atoms with Crippen LogP contribution in [0, 0.1) is 30.1 Å². The van der Waals surface area contributed by atoms with Gasteiger partial charge in [-0.25, -0.2) is 8.42 Å². The van der Waals surface area contributed by atoms with Crippen LogP contribution >= 0.6 is 11.6 Å². The Balaban J connectivity index is 1.33. The van der Waals surface area contributed by atoms with Crippen LogP contribution in [0.3, 0.4) is 0 Å². The van der Waals surface area contributed by atoms with Gasteiger partial charge in [-0.1, -0.05) is 11.6 Å². The minimum absolute atomic E-state index is 0.00121. The van der Waals surface area contributed by atoms with E-state index in [0.717, 1.165) is 51.1 Å². The molecule has 1 aliphatic heterocycles. The van der Waals surface area contributed by atoms with Gasteiger partial charge in [0.2, 0.25) is 10.0 Å². The Morgan fingerprint density at radius 1 is 1.24 bits per heavy atom. The van der Waals surface area contributed by atoms with Crippen molar-refractivity contribution in [2.45, 2.75) is 37.1 Å². The number of nitrogens with zero attached hydrogens (tertiary/aromatic N) is 5. The number of nitriles is 1. The average molecular weight is 491 g/mol. The van der Waals surface area contributed by atoms with Gasteiger partial charge in [-0.05, 0) is 68.8 Å². The van der Waals surface area contributed by atoms with E-state index in [1.807, 2.05) is 24.3 Å². The van der Waals surface area contributed by atoms with Gasteiger partial charge < -0.3 is 10.2 Å². The lowest BCUT2D eigenvalue weighted by molar-refractivity contribution is 0.0991. The summed E-state index contributed by atoms with van der Waals surface area (Å²) in [5, 5.41) is 16.7. The predicted molar refractivity (Wildman–Crippen MR) is 129 cm³/mol. The molecule has 1 saturated carbocycles. The zero-order valence-corrected chi connectivity index (χ0v) is 20.9. The summed E-state index contributed by atoms with van der Waals surface area (Å²) in [5.74, 6) is 0.650. The van der Waals surface area contributed by atoms with Crippen LogP contribution in [0.2, 0.25) is 5.15 Å². The van der Waals surface area contributed by atoms with Gasteiger partial charge in [0.15, 0.2) is 0 Å². The molecule has 2 fully saturated rings. The number of aryl methyl sites for hydroxylation is 2. The van der Waals surface area contributed by atoms with Crippen LogP contribution in [0.4, 0.5) is 5.69 Å². The first-order valence-electron chi connectivity index (χ1n) is 11.4. The number of fused-ring (bicyclic) bond motifs is 2. The number of likely N-dealkylation sites (tertiary alicyclic amines) is 1. The van der Waals surface area contributed by atoms with Crippen molar-refractivity contribution in [3.05, 3.63) is 40.7 Å². The summed E-state index contributed by atoms with van der Waals surface area (Å²) in [6.45, 7) is 5.35. The molecule has 8 nitrogen and oxygen atoms in total. The molecule has 1 N–H and O–H groups in total. The van der Waals surface area contributed by atoms with Crippen LogP contribution in [0.5, 0.6) is 0 Å². The fourth-order valence-corrected chi connectivity index (χ4v) is 7.65. The normalized spacial score (nSPS) is 23.1. The summed E-state index contributed by atoms with van der Waals surface area (Å²) < 4.78 is 29.8. The lowest BCUT2D eigenvalue weighted by Gasteiger charge is -2.41. The highest BCUT2D eigenvalue weighted by molar-refractivity contribution is 7.89. The van der Waals surface area contributed by atoms with Gasteiger partial charge in [-0.2, -0.15) is 14.7 Å². The topological polar surface area (TPSA) is 94.3 Å². The zero-order chi connectivity index (χ0) is 23.8. The number of anilines is 1. The van der Waals surface area contributed by atoms with Crippen molar-refractivity contribution in [2.75, 3.05) is 38.5 Å². The van der Waals surface area contributed by atoms with E-state index in [-0.39, 0.29) is 16.1 Å². The summed E-state index contributed by atoms with van der Waals surface area (Å²) in [5.41, 5.74) is 2.12. The van der Waals surface area contributed by atoms with Crippen LogP contribution in [0.25, 0.3) is 0 Å². The van der Waals surface area contributed by atoms with Crippen molar-refractivity contribution in [1.29, 1.82) is 5.26 Å². The number of aromatic nitrogens is 2. The van der Waals surface area contributed by atoms with E-state index in [0.29, 0.717) is 23.1 Å². The molecule has 0 amide bonds. The van der Waals surface area contributed by atoms with Crippen LogP contribution < -0.4 is 5.32 Å². The molecule has 2 heterocycles. The Morgan fingerprint density at radius 3 is 2.42 bits per heavy atom. The average Bonchev–Trinajstić information content (AvgIpc) is 3.21. The molecule has 33 heavy (non-hydrogen) atoms. The SMILES string of the molecule is Cc1nn(C)c(Cl)c1S(=O)(=O)N(C)C1C2CCC1CN(CCCNc1ccc(C#N)cc1)C2. The number of benzene rings is 1. The largest absolute Gasteiger partial charge is 0.385 e. The molecular weight excluding hydrogens is 460 g/mol. The molecule has 2 aliphatic rings. The monoisotopic (exact) mass is 490 g/mol. The third kappa shape index (κ3) is 4.76. The van der Waals surface area contributed by atoms with Crippen LogP contribution in [-0.2, 0) is 17.1 Å². The molecule has 1 aromatic carbocycles. The van der Waals surface area contributed by atoms with Crippen molar-refractivity contribution in [3.8, 4) is 6.07 Å². The Morgan fingerprint density at radius 2 is 1.88 bits per heavy atom. The van der Waals surface area contributed by atoms with E-state index in [1.165, 1.54) is 4.68 Å². The highest BCUT2D eigenvalue weighted by atomic mass is 35.5. The third-order valence-electron chi connectivity index (χ3n) is 7.01. The maximum absolute atomic E-state index is 13.4. The van der Waals surface area contributed by atoms with E-state index < -0.39 is 10.0 Å². The van der Waals surface area contributed by atoms with Crippen molar-refractivity contribution < 1.29 is 8.42 Å². The van der Waals surface area contributed by atoms with E-state index in [9.17, 15) is 8.42 Å². The summed E-state index contributed by atoms with van der Waals surface area (Å²) in [6, 6.07) is 9.61. The second kappa shape index (κ2) is 9.63. The number of piperidine rings is 1. The first kappa shape index (κ1) is 24.0. The second-order valence-corrected chi connectivity index (χ2v) is 11.5. The molecule has 0 spiro atoms. The molecule has 10 heteroatoms. The van der Waals surface area contributed by atoms with Crippen LogP contribution in [0.15, 0.2) is 29.2 Å². The molecule has 4 rings (SSSR count). The number of rotatable bonds is 8. The zero-order valence-electron chi connectivity index (χ0n) is 19.3. The molecule has 2 aromatic rings. The van der Waals surface area contributed by atoms with Crippen molar-refractivity contribution >= 4 is 27.3 Å². The molecule has 2 bridgehead atoms. The molecule has 0 radical (unpaired) electrons. The number of nitrogens with one attached hydrogen (secondary N) is 1. The van der Waals surface area contributed by atoms with E-state index in [4.69, 9.17) is 16.9 Å². The summed E-state index contributed by atoms with van der Waals surface area (Å²) in [4.78, 5) is 2.60. The van der Waals surface area contributed by atoms with Crippen molar-refractivity contribution in [2.24, 2.45) is 18.9 Å². The lowest BCUT2D eigenvalue weighted by Crippen LogP contribution is -2.53. The Labute approximate surface area is 201 Å². The quantitative estimate of drug-likeness (QED) is 0.571. The fourth-order valence-electron chi connectivity index (χ4n) is 5.47. The first-order chi connectivity index (χ1) is 15.7. The molecule has 2 atom stereocenters. The van der Waals surface area contributed by atoms with Gasteiger partial charge >= 0.3 is 0 Å². The Hall–Kier alpha value is -2.12. The molecule has 2 unspecified atom stereocenters. The lowest BCUT2D eigenvalue weighted by atomic mass is 9.92. The maximum atomic E-state index is 13.4. The summed E-state index contributed by atoms with van der Waals surface area (Å²) in [7, 11) is -0.351. The van der Waals surface area contributed by atoms with Gasteiger partial charge in [0.25, 0.3) is 0 Å². The highest BCUT2D eigenvalue weighted by Gasteiger charge is 2.47. The molecule has 178 valence electrons. The van der Waals surface area contributed by atoms with Crippen LogP contribution in [-0.4, -0.2) is 66.7 Å². The molecule has 1 aliphatic carbocycles. The fraction of sp³-hybridized carbons (Fsp3) is 0.565. The Bertz CT molecular complexity index is 1130.